The minimum atomic E-state index is -0.306. The quantitative estimate of drug-likeness (QED) is 0.779. The average Bonchev–Trinajstić information content (AvgIpc) is 3.12. The van der Waals surface area contributed by atoms with Crippen LogP contribution in [0.4, 0.5) is 0 Å². The first kappa shape index (κ1) is 12.3. The molecule has 0 radical (unpaired) electrons. The summed E-state index contributed by atoms with van der Waals surface area (Å²) in [4.78, 5) is 24.3. The molecule has 0 aliphatic rings. The van der Waals surface area contributed by atoms with Crippen molar-refractivity contribution in [1.82, 2.24) is 24.7 Å². The zero-order valence-corrected chi connectivity index (χ0v) is 10.9. The molecule has 3 aromatic heterocycles. The molecule has 7 heteroatoms. The van der Waals surface area contributed by atoms with Gasteiger partial charge in [-0.2, -0.15) is 0 Å². The minimum Gasteiger partial charge on any atom is -0.438 e. The van der Waals surface area contributed by atoms with Crippen molar-refractivity contribution in [1.29, 1.82) is 0 Å². The third kappa shape index (κ3) is 2.25. The van der Waals surface area contributed by atoms with Crippen LogP contribution in [0.1, 0.15) is 35.6 Å². The molecule has 20 heavy (non-hydrogen) atoms. The lowest BCUT2D eigenvalue weighted by Crippen LogP contribution is -2.28. The van der Waals surface area contributed by atoms with Crippen LogP contribution >= 0.6 is 0 Å². The molecule has 0 spiro atoms. The maximum Gasteiger partial charge on any atom is 0.289 e. The topological polar surface area (TPSA) is 85.3 Å². The molecule has 0 aliphatic carbocycles. The van der Waals surface area contributed by atoms with Crippen molar-refractivity contribution in [3.63, 3.8) is 0 Å². The summed E-state index contributed by atoms with van der Waals surface area (Å²) in [5, 5.41) is 2.87. The largest absolute Gasteiger partial charge is 0.438 e. The van der Waals surface area contributed by atoms with Crippen molar-refractivity contribution < 1.29 is 9.21 Å². The van der Waals surface area contributed by atoms with Crippen molar-refractivity contribution in [3.8, 4) is 0 Å². The Morgan fingerprint density at radius 3 is 3.15 bits per heavy atom. The summed E-state index contributed by atoms with van der Waals surface area (Å²) < 4.78 is 6.79. The van der Waals surface area contributed by atoms with E-state index in [0.29, 0.717) is 12.2 Å². The molecule has 0 aliphatic heterocycles. The van der Waals surface area contributed by atoms with Crippen LogP contribution in [-0.2, 0) is 0 Å². The number of imidazole rings is 1. The first-order valence-electron chi connectivity index (χ1n) is 6.27. The van der Waals surface area contributed by atoms with E-state index in [1.807, 2.05) is 29.8 Å². The summed E-state index contributed by atoms with van der Waals surface area (Å²) in [6.45, 7) is 1.97. The van der Waals surface area contributed by atoms with Crippen LogP contribution in [0.5, 0.6) is 0 Å². The highest BCUT2D eigenvalue weighted by atomic mass is 16.3. The van der Waals surface area contributed by atoms with E-state index >= 15 is 0 Å². The Balaban J connectivity index is 1.84. The molecule has 3 heterocycles. The zero-order chi connectivity index (χ0) is 13.9. The van der Waals surface area contributed by atoms with Gasteiger partial charge >= 0.3 is 0 Å². The number of aromatic nitrogens is 4. The Hall–Kier alpha value is -2.70. The molecule has 1 atom stereocenters. The normalized spacial score (nSPS) is 12.4. The zero-order valence-electron chi connectivity index (χ0n) is 10.9. The molecule has 0 fully saturated rings. The number of nitrogens with zero attached hydrogens (tertiary/aromatic N) is 4. The summed E-state index contributed by atoms with van der Waals surface area (Å²) in [6, 6.07) is 1.63. The molecular formula is C13H13N5O2. The number of hydrogen-bond acceptors (Lipinski definition) is 5. The minimum absolute atomic E-state index is 0.185. The van der Waals surface area contributed by atoms with Crippen LogP contribution in [0.3, 0.4) is 0 Å². The van der Waals surface area contributed by atoms with Gasteiger partial charge in [-0.3, -0.25) is 9.20 Å². The first-order valence-corrected chi connectivity index (χ1v) is 6.27. The fourth-order valence-corrected chi connectivity index (χ4v) is 1.96. The fraction of sp³-hybridized carbons (Fsp3) is 0.231. The smallest absolute Gasteiger partial charge is 0.289 e. The molecule has 1 amide bonds. The van der Waals surface area contributed by atoms with Gasteiger partial charge in [-0.1, -0.05) is 6.92 Å². The van der Waals surface area contributed by atoms with Crippen molar-refractivity contribution in [2.24, 2.45) is 0 Å². The number of carbonyl (C=O) groups excluding carboxylic acids is 1. The molecule has 1 N–H and O–H groups in total. The van der Waals surface area contributed by atoms with E-state index < -0.39 is 0 Å². The van der Waals surface area contributed by atoms with E-state index in [4.69, 9.17) is 4.42 Å². The van der Waals surface area contributed by atoms with Gasteiger partial charge in [-0.15, -0.1) is 0 Å². The highest BCUT2D eigenvalue weighted by Crippen LogP contribution is 2.16. The maximum atomic E-state index is 12.0. The van der Waals surface area contributed by atoms with Crippen LogP contribution in [0.25, 0.3) is 5.78 Å². The van der Waals surface area contributed by atoms with E-state index in [2.05, 4.69) is 20.3 Å². The number of hydrogen-bond donors (Lipinski definition) is 1. The van der Waals surface area contributed by atoms with Crippen LogP contribution in [-0.4, -0.2) is 25.3 Å². The van der Waals surface area contributed by atoms with Crippen molar-refractivity contribution >= 4 is 11.7 Å². The molecule has 7 nitrogen and oxygen atoms in total. The summed E-state index contributed by atoms with van der Waals surface area (Å²) in [7, 11) is 0. The molecule has 0 saturated carbocycles. The highest BCUT2D eigenvalue weighted by Gasteiger charge is 2.18. The molecule has 0 bridgehead atoms. The average molecular weight is 271 g/mol. The number of fused-ring (bicyclic) bond motifs is 1. The Kier molecular flexibility index (Phi) is 3.16. The van der Waals surface area contributed by atoms with Gasteiger partial charge < -0.3 is 9.73 Å². The van der Waals surface area contributed by atoms with Crippen LogP contribution < -0.4 is 5.32 Å². The van der Waals surface area contributed by atoms with Crippen molar-refractivity contribution in [2.75, 3.05) is 0 Å². The van der Waals surface area contributed by atoms with Gasteiger partial charge in [-0.25, -0.2) is 15.0 Å². The number of amides is 1. The molecule has 1 unspecified atom stereocenters. The maximum absolute atomic E-state index is 12.0. The van der Waals surface area contributed by atoms with E-state index in [0.717, 1.165) is 5.69 Å². The molecule has 0 aromatic carbocycles. The predicted octanol–water partition coefficient (Wildman–Crippen LogP) is 1.60. The Bertz CT molecular complexity index is 686. The Morgan fingerprint density at radius 2 is 2.45 bits per heavy atom. The number of oxazole rings is 1. The van der Waals surface area contributed by atoms with Gasteiger partial charge in [0.1, 0.15) is 0 Å². The van der Waals surface area contributed by atoms with Crippen LogP contribution in [0, 0.1) is 0 Å². The second kappa shape index (κ2) is 5.12. The van der Waals surface area contributed by atoms with E-state index in [9.17, 15) is 4.79 Å². The van der Waals surface area contributed by atoms with E-state index in [1.54, 1.807) is 6.20 Å². The second-order valence-corrected chi connectivity index (χ2v) is 4.29. The number of nitrogens with one attached hydrogen (secondary N) is 1. The number of rotatable bonds is 4. The summed E-state index contributed by atoms with van der Waals surface area (Å²) in [6.07, 6.45) is 8.73. The van der Waals surface area contributed by atoms with Gasteiger partial charge in [0, 0.05) is 18.6 Å². The molecule has 0 saturated heterocycles. The molecule has 3 aromatic rings. The SMILES string of the molecule is CCC(NC(=O)c1cnco1)c1cn2cccnc2n1. The Labute approximate surface area is 114 Å². The number of carbonyl (C=O) groups is 1. The molecule has 3 rings (SSSR count). The van der Waals surface area contributed by atoms with Crippen molar-refractivity contribution in [3.05, 3.63) is 48.7 Å². The summed E-state index contributed by atoms with van der Waals surface area (Å²) >= 11 is 0. The standard InChI is InChI=1S/C13H13N5O2/c1-2-9(16-12(19)11-6-14-8-20-11)10-7-18-5-3-4-15-13(18)17-10/h3-9H,2H2,1H3,(H,16,19). The third-order valence-electron chi connectivity index (χ3n) is 2.98. The fourth-order valence-electron chi connectivity index (χ4n) is 1.96. The lowest BCUT2D eigenvalue weighted by molar-refractivity contribution is 0.0906. The van der Waals surface area contributed by atoms with E-state index in [1.165, 1.54) is 12.6 Å². The summed E-state index contributed by atoms with van der Waals surface area (Å²) in [5.74, 6) is 0.486. The molecular weight excluding hydrogens is 258 g/mol. The second-order valence-electron chi connectivity index (χ2n) is 4.29. The molecule has 102 valence electrons. The first-order chi connectivity index (χ1) is 9.78. The van der Waals surface area contributed by atoms with Crippen LogP contribution in [0.2, 0.25) is 0 Å². The van der Waals surface area contributed by atoms with E-state index in [-0.39, 0.29) is 17.7 Å². The lowest BCUT2D eigenvalue weighted by atomic mass is 10.1. The van der Waals surface area contributed by atoms with Gasteiger partial charge in [0.15, 0.2) is 6.39 Å². The van der Waals surface area contributed by atoms with Crippen LogP contribution in [0.15, 0.2) is 41.7 Å². The van der Waals surface area contributed by atoms with Gasteiger partial charge in [0.2, 0.25) is 11.5 Å². The van der Waals surface area contributed by atoms with Gasteiger partial charge in [0.05, 0.1) is 17.9 Å². The third-order valence-corrected chi connectivity index (χ3v) is 2.98. The predicted molar refractivity (Wildman–Crippen MR) is 70.0 cm³/mol. The summed E-state index contributed by atoms with van der Waals surface area (Å²) in [5.41, 5.74) is 0.763. The lowest BCUT2D eigenvalue weighted by Gasteiger charge is -2.13. The van der Waals surface area contributed by atoms with Gasteiger partial charge in [0.25, 0.3) is 5.91 Å². The highest BCUT2D eigenvalue weighted by molar-refractivity contribution is 5.91. The van der Waals surface area contributed by atoms with Gasteiger partial charge in [-0.05, 0) is 12.5 Å². The monoisotopic (exact) mass is 271 g/mol. The Morgan fingerprint density at radius 1 is 1.55 bits per heavy atom. The van der Waals surface area contributed by atoms with Crippen molar-refractivity contribution in [2.45, 2.75) is 19.4 Å².